The van der Waals surface area contributed by atoms with Crippen LogP contribution in [0.15, 0.2) is 54.1 Å². The van der Waals surface area contributed by atoms with E-state index in [1.54, 1.807) is 37.3 Å². The van der Waals surface area contributed by atoms with Gasteiger partial charge in [-0.15, -0.1) is 0 Å². The molecule has 1 heterocycles. The van der Waals surface area contributed by atoms with E-state index >= 15 is 0 Å². The van der Waals surface area contributed by atoms with Gasteiger partial charge in [0.2, 0.25) is 0 Å². The van der Waals surface area contributed by atoms with Gasteiger partial charge in [-0.3, -0.25) is 4.79 Å². The van der Waals surface area contributed by atoms with Gasteiger partial charge < -0.3 is 14.6 Å². The number of amides is 1. The molecule has 33 heavy (non-hydrogen) atoms. The monoisotopic (exact) mass is 481 g/mol. The Morgan fingerprint density at radius 3 is 2.58 bits per heavy atom. The molecule has 0 aliphatic rings. The molecule has 6 nitrogen and oxygen atoms in total. The molecule has 0 aliphatic carbocycles. The summed E-state index contributed by atoms with van der Waals surface area (Å²) in [6.07, 6.45) is 1.52. The van der Waals surface area contributed by atoms with Crippen LogP contribution in [0.4, 0.5) is 5.69 Å². The minimum absolute atomic E-state index is 0.0819. The number of halogens is 2. The Morgan fingerprint density at radius 1 is 1.15 bits per heavy atom. The normalized spacial score (nSPS) is 11.1. The van der Waals surface area contributed by atoms with E-state index in [2.05, 4.69) is 5.32 Å². The van der Waals surface area contributed by atoms with Crippen LogP contribution in [0.25, 0.3) is 11.8 Å². The number of nitrogens with one attached hydrogen (secondary N) is 1. The smallest absolute Gasteiger partial charge is 0.338 e. The van der Waals surface area contributed by atoms with E-state index in [0.717, 1.165) is 17.1 Å². The van der Waals surface area contributed by atoms with Gasteiger partial charge >= 0.3 is 5.97 Å². The van der Waals surface area contributed by atoms with Gasteiger partial charge in [0.1, 0.15) is 11.6 Å². The summed E-state index contributed by atoms with van der Waals surface area (Å²) >= 11 is 12.0. The van der Waals surface area contributed by atoms with Gasteiger partial charge in [-0.05, 0) is 74.9 Å². The molecule has 168 valence electrons. The predicted octanol–water partition coefficient (Wildman–Crippen LogP) is 6.12. The molecular weight excluding hydrogens is 461 g/mol. The van der Waals surface area contributed by atoms with Crippen molar-refractivity contribution in [3.63, 3.8) is 0 Å². The molecular formula is C25H21Cl2N3O3. The Bertz CT molecular complexity index is 1300. The van der Waals surface area contributed by atoms with Crippen molar-refractivity contribution >= 4 is 46.8 Å². The lowest BCUT2D eigenvalue weighted by atomic mass is 10.1. The van der Waals surface area contributed by atoms with Crippen molar-refractivity contribution in [3.8, 4) is 11.8 Å². The Hall–Kier alpha value is -3.53. The maximum absolute atomic E-state index is 12.7. The van der Waals surface area contributed by atoms with E-state index in [0.29, 0.717) is 28.4 Å². The van der Waals surface area contributed by atoms with Gasteiger partial charge in [-0.2, -0.15) is 5.26 Å². The summed E-state index contributed by atoms with van der Waals surface area (Å²) in [5.41, 5.74) is 3.86. The molecule has 0 fully saturated rings. The van der Waals surface area contributed by atoms with E-state index in [-0.39, 0.29) is 10.6 Å². The van der Waals surface area contributed by atoms with Crippen LogP contribution < -0.4 is 5.32 Å². The quantitative estimate of drug-likeness (QED) is 0.261. The Morgan fingerprint density at radius 2 is 1.91 bits per heavy atom. The molecule has 1 amide bonds. The number of ether oxygens (including phenoxy) is 1. The highest BCUT2D eigenvalue weighted by Gasteiger charge is 2.16. The maximum atomic E-state index is 12.7. The molecule has 0 atom stereocenters. The molecule has 0 radical (unpaired) electrons. The van der Waals surface area contributed by atoms with Gasteiger partial charge in [-0.25, -0.2) is 4.79 Å². The van der Waals surface area contributed by atoms with E-state index < -0.39 is 11.9 Å². The zero-order valence-electron chi connectivity index (χ0n) is 18.3. The van der Waals surface area contributed by atoms with Gasteiger partial charge in [0.05, 0.1) is 22.9 Å². The summed E-state index contributed by atoms with van der Waals surface area (Å²) < 4.78 is 7.03. The number of aryl methyl sites for hydroxylation is 1. The van der Waals surface area contributed by atoms with Crippen LogP contribution in [0.2, 0.25) is 10.0 Å². The third-order valence-electron chi connectivity index (χ3n) is 4.93. The lowest BCUT2D eigenvalue weighted by molar-refractivity contribution is -0.112. The third-order valence-corrected chi connectivity index (χ3v) is 5.48. The molecule has 0 bridgehead atoms. The lowest BCUT2D eigenvalue weighted by Gasteiger charge is -2.11. The number of anilines is 1. The van der Waals surface area contributed by atoms with Crippen LogP contribution in [-0.2, 0) is 9.53 Å². The first kappa shape index (κ1) is 24.1. The summed E-state index contributed by atoms with van der Waals surface area (Å²) in [4.78, 5) is 24.8. The molecule has 3 aromatic rings. The number of nitrogens with zero attached hydrogens (tertiary/aromatic N) is 2. The first-order valence-electron chi connectivity index (χ1n) is 10.1. The highest BCUT2D eigenvalue weighted by molar-refractivity contribution is 6.36. The van der Waals surface area contributed by atoms with Crippen LogP contribution in [0, 0.1) is 25.2 Å². The van der Waals surface area contributed by atoms with Crippen molar-refractivity contribution in [2.75, 3.05) is 11.9 Å². The standard InChI is InChI=1S/C25H21Cl2N3O3/c1-4-33-25(32)17-6-5-7-21(12-17)30-15(2)10-18(16(30)3)11-19(14-28)24(31)29-23-9-8-20(26)13-22(23)27/h5-13H,4H2,1-3H3,(H,29,31)/b19-11-. The molecule has 0 saturated carbocycles. The summed E-state index contributed by atoms with van der Waals surface area (Å²) in [7, 11) is 0. The largest absolute Gasteiger partial charge is 0.462 e. The SMILES string of the molecule is CCOC(=O)c1cccc(-n2c(C)cc(/C=C(/C#N)C(=O)Nc3ccc(Cl)cc3Cl)c2C)c1. The Balaban J connectivity index is 1.94. The van der Waals surface area contributed by atoms with Crippen molar-refractivity contribution in [1.29, 1.82) is 5.26 Å². The van der Waals surface area contributed by atoms with Gasteiger partial charge in [-0.1, -0.05) is 29.3 Å². The maximum Gasteiger partial charge on any atom is 0.338 e. The number of esters is 1. The van der Waals surface area contributed by atoms with Crippen LogP contribution in [0.5, 0.6) is 0 Å². The topological polar surface area (TPSA) is 84.1 Å². The number of hydrogen-bond acceptors (Lipinski definition) is 4. The molecule has 0 aliphatic heterocycles. The second-order valence-electron chi connectivity index (χ2n) is 7.18. The second kappa shape index (κ2) is 10.4. The van der Waals surface area contributed by atoms with E-state index in [1.165, 1.54) is 12.1 Å². The molecule has 3 rings (SSSR count). The minimum atomic E-state index is -0.587. The fourth-order valence-corrected chi connectivity index (χ4v) is 3.86. The molecule has 0 spiro atoms. The van der Waals surface area contributed by atoms with Crippen molar-refractivity contribution in [3.05, 3.63) is 86.7 Å². The number of rotatable bonds is 6. The van der Waals surface area contributed by atoms with Crippen LogP contribution in [0.3, 0.4) is 0 Å². The Labute approximate surface area is 202 Å². The van der Waals surface area contributed by atoms with Crippen LogP contribution >= 0.6 is 23.2 Å². The second-order valence-corrected chi connectivity index (χ2v) is 8.02. The minimum Gasteiger partial charge on any atom is -0.462 e. The molecule has 2 aromatic carbocycles. The Kier molecular flexibility index (Phi) is 7.59. The van der Waals surface area contributed by atoms with Gasteiger partial charge in [0, 0.05) is 22.1 Å². The number of benzene rings is 2. The van der Waals surface area contributed by atoms with Crippen molar-refractivity contribution < 1.29 is 14.3 Å². The summed E-state index contributed by atoms with van der Waals surface area (Å²) in [6.45, 7) is 5.82. The zero-order valence-corrected chi connectivity index (χ0v) is 19.8. The fourth-order valence-electron chi connectivity index (χ4n) is 3.40. The molecule has 1 aromatic heterocycles. The zero-order chi connectivity index (χ0) is 24.1. The van der Waals surface area contributed by atoms with Crippen molar-refractivity contribution in [2.45, 2.75) is 20.8 Å². The number of carbonyl (C=O) groups is 2. The lowest BCUT2D eigenvalue weighted by Crippen LogP contribution is -2.13. The summed E-state index contributed by atoms with van der Waals surface area (Å²) in [5.74, 6) is -0.984. The van der Waals surface area contributed by atoms with Gasteiger partial charge in [0.25, 0.3) is 5.91 Å². The molecule has 0 saturated heterocycles. The number of nitriles is 1. The highest BCUT2D eigenvalue weighted by atomic mass is 35.5. The first-order valence-corrected chi connectivity index (χ1v) is 10.9. The third kappa shape index (κ3) is 5.46. The van der Waals surface area contributed by atoms with E-state index in [9.17, 15) is 14.9 Å². The molecule has 0 unspecified atom stereocenters. The summed E-state index contributed by atoms with van der Waals surface area (Å²) in [5, 5.41) is 12.9. The van der Waals surface area contributed by atoms with Crippen LogP contribution in [-0.4, -0.2) is 23.1 Å². The fraction of sp³-hybridized carbons (Fsp3) is 0.160. The van der Waals surface area contributed by atoms with Crippen LogP contribution in [0.1, 0.15) is 34.2 Å². The van der Waals surface area contributed by atoms with Crippen molar-refractivity contribution in [1.82, 2.24) is 4.57 Å². The number of aromatic nitrogens is 1. The highest BCUT2D eigenvalue weighted by Crippen LogP contribution is 2.27. The predicted molar refractivity (Wildman–Crippen MR) is 130 cm³/mol. The summed E-state index contributed by atoms with van der Waals surface area (Å²) in [6, 6.07) is 15.6. The van der Waals surface area contributed by atoms with Crippen molar-refractivity contribution in [2.24, 2.45) is 0 Å². The average molecular weight is 482 g/mol. The van der Waals surface area contributed by atoms with E-state index in [4.69, 9.17) is 27.9 Å². The first-order chi connectivity index (χ1) is 15.7. The van der Waals surface area contributed by atoms with E-state index in [1.807, 2.05) is 36.6 Å². The number of carbonyl (C=O) groups excluding carboxylic acids is 2. The van der Waals surface area contributed by atoms with Gasteiger partial charge in [0.15, 0.2) is 0 Å². The average Bonchev–Trinajstić information content (AvgIpc) is 3.06. The number of hydrogen-bond donors (Lipinski definition) is 1. The molecule has 1 N–H and O–H groups in total. The molecule has 8 heteroatoms.